The summed E-state index contributed by atoms with van der Waals surface area (Å²) >= 11 is 0. The van der Waals surface area contributed by atoms with Crippen LogP contribution in [-0.2, 0) is 9.53 Å². The lowest BCUT2D eigenvalue weighted by molar-refractivity contribution is -0.143. The first-order valence-corrected chi connectivity index (χ1v) is 5.68. The maximum absolute atomic E-state index is 10.8. The molecule has 0 heterocycles. The molecule has 0 aliphatic carbocycles. The molecular weight excluding hydrogens is 168 g/mol. The van der Waals surface area contributed by atoms with Crippen molar-refractivity contribution in [3.05, 3.63) is 0 Å². The van der Waals surface area contributed by atoms with Crippen molar-refractivity contribution >= 4 is 27.6 Å². The molecule has 0 saturated carbocycles. The van der Waals surface area contributed by atoms with Crippen molar-refractivity contribution in [1.29, 1.82) is 0 Å². The number of methoxy groups -OCH3 is 1. The van der Waals surface area contributed by atoms with Crippen LogP contribution in [0.15, 0.2) is 0 Å². The van der Waals surface area contributed by atoms with Gasteiger partial charge in [-0.15, -0.1) is 0 Å². The maximum Gasteiger partial charge on any atom is 0.309 e. The highest BCUT2D eigenvalue weighted by Crippen LogP contribution is 2.20. The molecule has 0 rings (SSSR count). The Hall–Kier alpha value is 0.170. The van der Waals surface area contributed by atoms with E-state index < -0.39 is 0 Å². The normalized spacial score (nSPS) is 12.7. The van der Waals surface area contributed by atoms with E-state index in [4.69, 9.17) is 0 Å². The van der Waals surface area contributed by atoms with E-state index in [1.54, 1.807) is 21.6 Å². The molecule has 0 aromatic heterocycles. The van der Waals surface area contributed by atoms with E-state index in [-0.39, 0.29) is 11.9 Å². The van der Waals surface area contributed by atoms with Crippen LogP contribution in [0, 0.1) is 5.92 Å². The molecule has 0 radical (unpaired) electrons. The Morgan fingerprint density at radius 1 is 1.70 bits per heavy atom. The van der Waals surface area contributed by atoms with Gasteiger partial charge < -0.3 is 4.74 Å². The average molecular weight is 180 g/mol. The molecule has 10 heavy (non-hydrogen) atoms. The second kappa shape index (κ2) is 5.92. The maximum atomic E-state index is 10.8. The van der Waals surface area contributed by atoms with Crippen LogP contribution in [0.1, 0.15) is 6.92 Å². The highest BCUT2D eigenvalue weighted by atomic mass is 33.1. The van der Waals surface area contributed by atoms with E-state index in [0.717, 1.165) is 5.75 Å². The van der Waals surface area contributed by atoms with Gasteiger partial charge >= 0.3 is 5.97 Å². The highest BCUT2D eigenvalue weighted by molar-refractivity contribution is 8.76. The smallest absolute Gasteiger partial charge is 0.309 e. The topological polar surface area (TPSA) is 26.3 Å². The fourth-order valence-corrected chi connectivity index (χ4v) is 1.94. The fourth-order valence-electron chi connectivity index (χ4n) is 0.439. The summed E-state index contributed by atoms with van der Waals surface area (Å²) < 4.78 is 4.55. The third-order valence-corrected chi connectivity index (χ3v) is 3.03. The zero-order chi connectivity index (χ0) is 7.98. The van der Waals surface area contributed by atoms with E-state index in [2.05, 4.69) is 4.74 Å². The van der Waals surface area contributed by atoms with Gasteiger partial charge in [-0.2, -0.15) is 0 Å². The van der Waals surface area contributed by atoms with Gasteiger partial charge in [-0.1, -0.05) is 28.5 Å². The molecule has 0 amide bonds. The summed E-state index contributed by atoms with van der Waals surface area (Å²) in [5.41, 5.74) is 0. The molecule has 0 aliphatic heterocycles. The quantitative estimate of drug-likeness (QED) is 0.487. The van der Waals surface area contributed by atoms with Gasteiger partial charge in [-0.05, 0) is 6.26 Å². The molecule has 0 bridgehead atoms. The zero-order valence-electron chi connectivity index (χ0n) is 6.42. The standard InChI is InChI=1S/C6H12O2S2/c1-5(4-10-9-3)6(7)8-2/h5H,4H2,1-3H3. The number of carbonyl (C=O) groups excluding carboxylic acids is 1. The van der Waals surface area contributed by atoms with Crippen LogP contribution < -0.4 is 0 Å². The lowest BCUT2D eigenvalue weighted by Gasteiger charge is -2.05. The number of rotatable bonds is 4. The zero-order valence-corrected chi connectivity index (χ0v) is 8.05. The average Bonchev–Trinajstić information content (AvgIpc) is 1.98. The molecule has 0 spiro atoms. The van der Waals surface area contributed by atoms with Crippen LogP contribution in [0.4, 0.5) is 0 Å². The minimum absolute atomic E-state index is 0.0162. The number of esters is 1. The van der Waals surface area contributed by atoms with E-state index in [1.807, 2.05) is 13.2 Å². The van der Waals surface area contributed by atoms with Crippen molar-refractivity contribution in [3.63, 3.8) is 0 Å². The van der Waals surface area contributed by atoms with Gasteiger partial charge in [0.15, 0.2) is 0 Å². The van der Waals surface area contributed by atoms with Crippen molar-refractivity contribution in [2.45, 2.75) is 6.92 Å². The number of ether oxygens (including phenoxy) is 1. The summed E-state index contributed by atoms with van der Waals surface area (Å²) in [7, 11) is 4.76. The SMILES string of the molecule is COC(=O)C(C)CSSC. The molecule has 0 aromatic carbocycles. The molecule has 60 valence electrons. The molecule has 0 N–H and O–H groups in total. The first kappa shape index (κ1) is 10.2. The summed E-state index contributed by atoms with van der Waals surface area (Å²) in [4.78, 5) is 10.8. The first-order valence-electron chi connectivity index (χ1n) is 2.95. The van der Waals surface area contributed by atoms with Crippen LogP contribution in [0.2, 0.25) is 0 Å². The lowest BCUT2D eigenvalue weighted by atomic mass is 10.2. The van der Waals surface area contributed by atoms with Crippen LogP contribution in [0.5, 0.6) is 0 Å². The van der Waals surface area contributed by atoms with Crippen molar-refractivity contribution in [1.82, 2.24) is 0 Å². The molecule has 0 aliphatic rings. The third-order valence-electron chi connectivity index (χ3n) is 1.04. The molecule has 1 unspecified atom stereocenters. The predicted octanol–water partition coefficient (Wildman–Crippen LogP) is 1.81. The van der Waals surface area contributed by atoms with Crippen molar-refractivity contribution < 1.29 is 9.53 Å². The van der Waals surface area contributed by atoms with E-state index in [0.29, 0.717) is 0 Å². The van der Waals surface area contributed by atoms with Gasteiger partial charge in [-0.25, -0.2) is 0 Å². The summed E-state index contributed by atoms with van der Waals surface area (Å²) in [6.07, 6.45) is 1.99. The number of hydrogen-bond donors (Lipinski definition) is 0. The van der Waals surface area contributed by atoms with Gasteiger partial charge in [-0.3, -0.25) is 4.79 Å². The Bertz CT molecular complexity index is 106. The van der Waals surface area contributed by atoms with E-state index in [9.17, 15) is 4.79 Å². The minimum Gasteiger partial charge on any atom is -0.469 e. The monoisotopic (exact) mass is 180 g/mol. The Morgan fingerprint density at radius 3 is 2.70 bits per heavy atom. The Balaban J connectivity index is 3.41. The Morgan fingerprint density at radius 2 is 2.30 bits per heavy atom. The van der Waals surface area contributed by atoms with Gasteiger partial charge in [0.25, 0.3) is 0 Å². The Labute approximate surface area is 69.5 Å². The van der Waals surface area contributed by atoms with Gasteiger partial charge in [0.2, 0.25) is 0 Å². The first-order chi connectivity index (χ1) is 4.72. The van der Waals surface area contributed by atoms with Crippen molar-refractivity contribution in [2.24, 2.45) is 5.92 Å². The van der Waals surface area contributed by atoms with Crippen LogP contribution in [-0.4, -0.2) is 25.1 Å². The molecule has 0 saturated heterocycles. The van der Waals surface area contributed by atoms with E-state index in [1.165, 1.54) is 7.11 Å². The second-order valence-electron chi connectivity index (χ2n) is 1.88. The third kappa shape index (κ3) is 4.06. The molecule has 4 heteroatoms. The predicted molar refractivity (Wildman–Crippen MR) is 47.2 cm³/mol. The Kier molecular flexibility index (Phi) is 6.02. The lowest BCUT2D eigenvalue weighted by Crippen LogP contribution is -2.14. The van der Waals surface area contributed by atoms with Gasteiger partial charge in [0.1, 0.15) is 0 Å². The fraction of sp³-hybridized carbons (Fsp3) is 0.833. The molecule has 2 nitrogen and oxygen atoms in total. The summed E-state index contributed by atoms with van der Waals surface area (Å²) in [5, 5.41) is 0. The van der Waals surface area contributed by atoms with E-state index >= 15 is 0 Å². The highest BCUT2D eigenvalue weighted by Gasteiger charge is 2.11. The molecule has 0 fully saturated rings. The molecule has 0 aromatic rings. The molecular formula is C6H12O2S2. The van der Waals surface area contributed by atoms with Crippen LogP contribution in [0.25, 0.3) is 0 Å². The second-order valence-corrected chi connectivity index (χ2v) is 4.48. The summed E-state index contributed by atoms with van der Waals surface area (Å²) in [5.74, 6) is 0.720. The number of carbonyl (C=O) groups is 1. The van der Waals surface area contributed by atoms with Crippen LogP contribution in [0.3, 0.4) is 0 Å². The van der Waals surface area contributed by atoms with Gasteiger partial charge in [0.05, 0.1) is 13.0 Å². The summed E-state index contributed by atoms with van der Waals surface area (Å²) in [6.45, 7) is 1.87. The minimum atomic E-state index is -0.124. The van der Waals surface area contributed by atoms with Gasteiger partial charge in [0, 0.05) is 5.75 Å². The van der Waals surface area contributed by atoms with Crippen molar-refractivity contribution in [2.75, 3.05) is 19.1 Å². The largest absolute Gasteiger partial charge is 0.469 e. The van der Waals surface area contributed by atoms with Crippen LogP contribution >= 0.6 is 21.6 Å². The molecule has 1 atom stereocenters. The van der Waals surface area contributed by atoms with Crippen molar-refractivity contribution in [3.8, 4) is 0 Å². The number of hydrogen-bond acceptors (Lipinski definition) is 4. The summed E-state index contributed by atoms with van der Waals surface area (Å²) in [6, 6.07) is 0.